The van der Waals surface area contributed by atoms with Crippen molar-refractivity contribution in [3.05, 3.63) is 24.3 Å². The number of anilines is 1. The molecule has 1 fully saturated rings. The summed E-state index contributed by atoms with van der Waals surface area (Å²) in [4.78, 5) is 12.2. The second kappa shape index (κ2) is 8.38. The Morgan fingerprint density at radius 2 is 2.08 bits per heavy atom. The Bertz CT molecular complexity index is 522. The Kier molecular flexibility index (Phi) is 6.49. The van der Waals surface area contributed by atoms with Gasteiger partial charge in [-0.3, -0.25) is 4.79 Å². The minimum atomic E-state index is -0.297. The second-order valence-electron chi connectivity index (χ2n) is 7.06. The van der Waals surface area contributed by atoms with Gasteiger partial charge in [0.05, 0.1) is 6.10 Å². The zero-order chi connectivity index (χ0) is 17.6. The highest BCUT2D eigenvalue weighted by Crippen LogP contribution is 2.19. The number of ether oxygens (including phenoxy) is 2. The van der Waals surface area contributed by atoms with E-state index in [1.807, 2.05) is 45.0 Å². The van der Waals surface area contributed by atoms with Crippen LogP contribution in [0.5, 0.6) is 5.75 Å². The number of benzene rings is 1. The SMILES string of the molecule is CCC(C)(C)NC(=O)[C@H](C)Nc1ccc(OC[C@H]2CCCO2)cc1. The first-order chi connectivity index (χ1) is 11.4. The molecule has 5 heteroatoms. The average Bonchev–Trinajstić information content (AvgIpc) is 3.07. The van der Waals surface area contributed by atoms with Crippen molar-refractivity contribution in [2.24, 2.45) is 0 Å². The maximum Gasteiger partial charge on any atom is 0.242 e. The fraction of sp³-hybridized carbons (Fsp3) is 0.632. The van der Waals surface area contributed by atoms with Crippen LogP contribution in [-0.2, 0) is 9.53 Å². The molecule has 1 aromatic rings. The third-order valence-corrected chi connectivity index (χ3v) is 4.44. The fourth-order valence-electron chi connectivity index (χ4n) is 2.46. The maximum atomic E-state index is 12.2. The van der Waals surface area contributed by atoms with E-state index < -0.39 is 0 Å². The lowest BCUT2D eigenvalue weighted by Gasteiger charge is -2.27. The number of carbonyl (C=O) groups excluding carboxylic acids is 1. The largest absolute Gasteiger partial charge is 0.491 e. The molecule has 1 aliphatic heterocycles. The molecule has 5 nitrogen and oxygen atoms in total. The van der Waals surface area contributed by atoms with Crippen molar-refractivity contribution in [2.75, 3.05) is 18.5 Å². The van der Waals surface area contributed by atoms with Gasteiger partial charge in [0.25, 0.3) is 0 Å². The summed E-state index contributed by atoms with van der Waals surface area (Å²) in [5.41, 5.74) is 0.712. The second-order valence-corrected chi connectivity index (χ2v) is 7.06. The van der Waals surface area contributed by atoms with Gasteiger partial charge in [-0.15, -0.1) is 0 Å². The van der Waals surface area contributed by atoms with Crippen LogP contribution in [0.3, 0.4) is 0 Å². The van der Waals surface area contributed by atoms with E-state index in [0.29, 0.717) is 6.61 Å². The first-order valence-electron chi connectivity index (χ1n) is 8.82. The number of carbonyl (C=O) groups is 1. The minimum absolute atomic E-state index is 0.000517. The molecule has 0 bridgehead atoms. The van der Waals surface area contributed by atoms with Crippen LogP contribution in [0.1, 0.15) is 47.0 Å². The molecule has 1 aromatic carbocycles. The van der Waals surface area contributed by atoms with E-state index in [1.54, 1.807) is 0 Å². The van der Waals surface area contributed by atoms with E-state index in [0.717, 1.165) is 37.3 Å². The van der Waals surface area contributed by atoms with Gasteiger partial charge in [-0.25, -0.2) is 0 Å². The summed E-state index contributed by atoms with van der Waals surface area (Å²) in [5.74, 6) is 0.820. The molecule has 1 aliphatic rings. The predicted octanol–water partition coefficient (Wildman–Crippen LogP) is 3.35. The molecule has 0 unspecified atom stereocenters. The monoisotopic (exact) mass is 334 g/mol. The molecule has 0 aromatic heterocycles. The minimum Gasteiger partial charge on any atom is -0.491 e. The lowest BCUT2D eigenvalue weighted by atomic mass is 10.0. The molecule has 134 valence electrons. The van der Waals surface area contributed by atoms with Crippen molar-refractivity contribution in [3.8, 4) is 5.75 Å². The summed E-state index contributed by atoms with van der Waals surface area (Å²) < 4.78 is 11.3. The van der Waals surface area contributed by atoms with Gasteiger partial charge in [0.15, 0.2) is 0 Å². The van der Waals surface area contributed by atoms with E-state index in [-0.39, 0.29) is 23.6 Å². The van der Waals surface area contributed by atoms with Crippen molar-refractivity contribution in [3.63, 3.8) is 0 Å². The van der Waals surface area contributed by atoms with E-state index >= 15 is 0 Å². The molecule has 0 aliphatic carbocycles. The molecule has 0 radical (unpaired) electrons. The number of nitrogens with one attached hydrogen (secondary N) is 2. The average molecular weight is 334 g/mol. The van der Waals surface area contributed by atoms with Crippen LogP contribution in [0.25, 0.3) is 0 Å². The predicted molar refractivity (Wildman–Crippen MR) is 96.5 cm³/mol. The molecule has 1 amide bonds. The van der Waals surface area contributed by atoms with Crippen molar-refractivity contribution >= 4 is 11.6 Å². The number of amides is 1. The normalized spacial score (nSPS) is 18.9. The van der Waals surface area contributed by atoms with E-state index in [4.69, 9.17) is 9.47 Å². The Balaban J connectivity index is 1.80. The highest BCUT2D eigenvalue weighted by atomic mass is 16.5. The van der Waals surface area contributed by atoms with Crippen LogP contribution in [0.4, 0.5) is 5.69 Å². The molecule has 2 N–H and O–H groups in total. The van der Waals surface area contributed by atoms with Gasteiger partial charge >= 0.3 is 0 Å². The Labute approximate surface area is 145 Å². The first kappa shape index (κ1) is 18.6. The Hall–Kier alpha value is -1.75. The van der Waals surface area contributed by atoms with E-state index in [9.17, 15) is 4.79 Å². The van der Waals surface area contributed by atoms with Gasteiger partial charge in [-0.1, -0.05) is 6.92 Å². The van der Waals surface area contributed by atoms with Crippen LogP contribution in [0, 0.1) is 0 Å². The number of rotatable bonds is 8. The highest BCUT2D eigenvalue weighted by molar-refractivity contribution is 5.84. The van der Waals surface area contributed by atoms with Gasteiger partial charge in [0.2, 0.25) is 5.91 Å². The topological polar surface area (TPSA) is 59.6 Å². The summed E-state index contributed by atoms with van der Waals surface area (Å²) >= 11 is 0. The summed E-state index contributed by atoms with van der Waals surface area (Å²) in [6.07, 6.45) is 3.29. The molecule has 1 heterocycles. The van der Waals surface area contributed by atoms with Crippen LogP contribution in [0.2, 0.25) is 0 Å². The molecular weight excluding hydrogens is 304 g/mol. The van der Waals surface area contributed by atoms with Crippen LogP contribution in [-0.4, -0.2) is 36.8 Å². The van der Waals surface area contributed by atoms with Crippen molar-refractivity contribution in [1.29, 1.82) is 0 Å². The summed E-state index contributed by atoms with van der Waals surface area (Å²) in [5, 5.41) is 6.27. The van der Waals surface area contributed by atoms with Gasteiger partial charge in [0.1, 0.15) is 18.4 Å². The van der Waals surface area contributed by atoms with Gasteiger partial charge in [0, 0.05) is 17.8 Å². The quantitative estimate of drug-likeness (QED) is 0.765. The molecule has 2 atom stereocenters. The lowest BCUT2D eigenvalue weighted by molar-refractivity contribution is -0.123. The molecule has 2 rings (SSSR count). The van der Waals surface area contributed by atoms with E-state index in [2.05, 4.69) is 17.6 Å². The summed E-state index contributed by atoms with van der Waals surface area (Å²) in [7, 11) is 0. The van der Waals surface area contributed by atoms with Crippen molar-refractivity contribution < 1.29 is 14.3 Å². The van der Waals surface area contributed by atoms with Crippen molar-refractivity contribution in [2.45, 2.75) is 64.6 Å². The summed E-state index contributed by atoms with van der Waals surface area (Å²) in [6.45, 7) is 9.41. The third-order valence-electron chi connectivity index (χ3n) is 4.44. The fourth-order valence-corrected chi connectivity index (χ4v) is 2.46. The molecule has 0 saturated carbocycles. The smallest absolute Gasteiger partial charge is 0.242 e. The highest BCUT2D eigenvalue weighted by Gasteiger charge is 2.21. The lowest BCUT2D eigenvalue weighted by Crippen LogP contribution is -2.48. The maximum absolute atomic E-state index is 12.2. The van der Waals surface area contributed by atoms with Crippen LogP contribution in [0.15, 0.2) is 24.3 Å². The van der Waals surface area contributed by atoms with E-state index in [1.165, 1.54) is 0 Å². The van der Waals surface area contributed by atoms with Crippen molar-refractivity contribution in [1.82, 2.24) is 5.32 Å². The Morgan fingerprint density at radius 1 is 1.38 bits per heavy atom. The third kappa shape index (κ3) is 5.71. The summed E-state index contributed by atoms with van der Waals surface area (Å²) in [6, 6.07) is 7.39. The van der Waals surface area contributed by atoms with Gasteiger partial charge in [-0.05, 0) is 64.3 Å². The van der Waals surface area contributed by atoms with Crippen LogP contribution >= 0.6 is 0 Å². The number of hydrogen-bond acceptors (Lipinski definition) is 4. The molecule has 1 saturated heterocycles. The van der Waals surface area contributed by atoms with Crippen LogP contribution < -0.4 is 15.4 Å². The Morgan fingerprint density at radius 3 is 2.67 bits per heavy atom. The first-order valence-corrected chi connectivity index (χ1v) is 8.82. The zero-order valence-corrected chi connectivity index (χ0v) is 15.2. The zero-order valence-electron chi connectivity index (χ0n) is 15.2. The van der Waals surface area contributed by atoms with Gasteiger partial charge in [-0.2, -0.15) is 0 Å². The molecular formula is C19H30N2O3. The molecule has 24 heavy (non-hydrogen) atoms. The standard InChI is InChI=1S/C19H30N2O3/c1-5-19(3,4)21-18(22)14(2)20-15-8-10-16(11-9-15)24-13-17-7-6-12-23-17/h8-11,14,17,20H,5-7,12-13H2,1-4H3,(H,21,22)/t14-,17+/m0/s1. The molecule has 0 spiro atoms. The van der Waals surface area contributed by atoms with Gasteiger partial charge < -0.3 is 20.1 Å². The number of hydrogen-bond donors (Lipinski definition) is 2.